The summed E-state index contributed by atoms with van der Waals surface area (Å²) in [6, 6.07) is 4.18. The molecule has 102 valence electrons. The first-order valence-corrected chi connectivity index (χ1v) is 7.04. The first kappa shape index (κ1) is 15.0. The number of aromatic nitrogens is 1. The van der Waals surface area contributed by atoms with Crippen LogP contribution in [0.4, 0.5) is 5.82 Å². The Morgan fingerprint density at radius 2 is 2.17 bits per heavy atom. The molecule has 0 aliphatic rings. The SMILES string of the molecule is CCCNCc1cccnc1N(C)CC(C)CC. The monoisotopic (exact) mass is 249 g/mol. The van der Waals surface area contributed by atoms with Gasteiger partial charge >= 0.3 is 0 Å². The van der Waals surface area contributed by atoms with Gasteiger partial charge in [-0.2, -0.15) is 0 Å². The Kier molecular flexibility index (Phi) is 6.73. The molecule has 0 bridgehead atoms. The summed E-state index contributed by atoms with van der Waals surface area (Å²) in [4.78, 5) is 6.81. The van der Waals surface area contributed by atoms with E-state index in [0.717, 1.165) is 31.9 Å². The van der Waals surface area contributed by atoms with E-state index in [9.17, 15) is 0 Å². The summed E-state index contributed by atoms with van der Waals surface area (Å²) in [6.45, 7) is 9.74. The maximum atomic E-state index is 4.53. The van der Waals surface area contributed by atoms with Gasteiger partial charge in [-0.25, -0.2) is 4.98 Å². The largest absolute Gasteiger partial charge is 0.359 e. The molecule has 0 spiro atoms. The average Bonchev–Trinajstić information content (AvgIpc) is 2.39. The van der Waals surface area contributed by atoms with Crippen LogP contribution in [0.1, 0.15) is 39.2 Å². The van der Waals surface area contributed by atoms with Crippen molar-refractivity contribution >= 4 is 5.82 Å². The molecule has 3 nitrogen and oxygen atoms in total. The topological polar surface area (TPSA) is 28.2 Å². The van der Waals surface area contributed by atoms with Gasteiger partial charge in [0.15, 0.2) is 0 Å². The Hall–Kier alpha value is -1.09. The third kappa shape index (κ3) is 4.65. The molecular weight excluding hydrogens is 222 g/mol. The van der Waals surface area contributed by atoms with Crippen LogP contribution in [0.25, 0.3) is 0 Å². The molecule has 1 N–H and O–H groups in total. The zero-order valence-electron chi connectivity index (χ0n) is 12.2. The number of hydrogen-bond donors (Lipinski definition) is 1. The van der Waals surface area contributed by atoms with Gasteiger partial charge in [0.2, 0.25) is 0 Å². The van der Waals surface area contributed by atoms with Crippen LogP contribution >= 0.6 is 0 Å². The second-order valence-corrected chi connectivity index (χ2v) is 5.06. The fourth-order valence-corrected chi connectivity index (χ4v) is 1.99. The Balaban J connectivity index is 2.68. The van der Waals surface area contributed by atoms with E-state index in [2.05, 4.69) is 49.1 Å². The van der Waals surface area contributed by atoms with Crippen LogP contribution in [0.15, 0.2) is 18.3 Å². The average molecular weight is 249 g/mol. The van der Waals surface area contributed by atoms with Gasteiger partial charge in [-0.15, -0.1) is 0 Å². The summed E-state index contributed by atoms with van der Waals surface area (Å²) in [5.74, 6) is 1.81. The van der Waals surface area contributed by atoms with Gasteiger partial charge in [-0.1, -0.05) is 33.3 Å². The molecule has 0 saturated heterocycles. The van der Waals surface area contributed by atoms with E-state index >= 15 is 0 Å². The smallest absolute Gasteiger partial charge is 0.132 e. The molecule has 1 rings (SSSR count). The second kappa shape index (κ2) is 8.09. The molecule has 0 aromatic carbocycles. The minimum Gasteiger partial charge on any atom is -0.359 e. The number of nitrogens with zero attached hydrogens (tertiary/aromatic N) is 2. The minimum atomic E-state index is 0.702. The van der Waals surface area contributed by atoms with Crippen molar-refractivity contribution < 1.29 is 0 Å². The molecule has 0 amide bonds. The highest BCUT2D eigenvalue weighted by Crippen LogP contribution is 2.17. The summed E-state index contributed by atoms with van der Waals surface area (Å²) in [7, 11) is 2.14. The van der Waals surface area contributed by atoms with Crippen molar-refractivity contribution in [2.45, 2.75) is 40.2 Å². The maximum absolute atomic E-state index is 4.53. The molecule has 0 saturated carbocycles. The fraction of sp³-hybridized carbons (Fsp3) is 0.667. The Morgan fingerprint density at radius 3 is 2.83 bits per heavy atom. The van der Waals surface area contributed by atoms with E-state index in [0.29, 0.717) is 5.92 Å². The first-order valence-electron chi connectivity index (χ1n) is 7.04. The molecule has 0 radical (unpaired) electrons. The normalized spacial score (nSPS) is 12.4. The van der Waals surface area contributed by atoms with Gasteiger partial charge in [-0.05, 0) is 24.9 Å². The molecule has 1 atom stereocenters. The highest BCUT2D eigenvalue weighted by atomic mass is 15.2. The molecule has 1 aromatic rings. The van der Waals surface area contributed by atoms with Crippen LogP contribution in [-0.4, -0.2) is 25.1 Å². The van der Waals surface area contributed by atoms with Crippen molar-refractivity contribution in [3.05, 3.63) is 23.9 Å². The number of pyridine rings is 1. The summed E-state index contributed by atoms with van der Waals surface area (Å²) in [5, 5.41) is 3.45. The van der Waals surface area contributed by atoms with E-state index < -0.39 is 0 Å². The molecule has 0 aliphatic carbocycles. The van der Waals surface area contributed by atoms with Crippen molar-refractivity contribution in [1.29, 1.82) is 0 Å². The van der Waals surface area contributed by atoms with Crippen LogP contribution in [-0.2, 0) is 6.54 Å². The highest BCUT2D eigenvalue weighted by Gasteiger charge is 2.10. The van der Waals surface area contributed by atoms with Crippen molar-refractivity contribution in [2.75, 3.05) is 25.0 Å². The summed E-state index contributed by atoms with van der Waals surface area (Å²) in [6.07, 6.45) is 4.25. The van der Waals surface area contributed by atoms with Crippen molar-refractivity contribution in [1.82, 2.24) is 10.3 Å². The summed E-state index contributed by atoms with van der Waals surface area (Å²) in [5.41, 5.74) is 1.29. The van der Waals surface area contributed by atoms with E-state index in [1.165, 1.54) is 12.0 Å². The Morgan fingerprint density at radius 1 is 1.39 bits per heavy atom. The van der Waals surface area contributed by atoms with Gasteiger partial charge in [-0.3, -0.25) is 0 Å². The van der Waals surface area contributed by atoms with Crippen LogP contribution in [0.5, 0.6) is 0 Å². The standard InChI is InChI=1S/C15H27N3/c1-5-9-16-11-14-8-7-10-17-15(14)18(4)12-13(3)6-2/h7-8,10,13,16H,5-6,9,11-12H2,1-4H3. The predicted octanol–water partition coefficient (Wildman–Crippen LogP) is 3.06. The van der Waals surface area contributed by atoms with E-state index in [1.807, 2.05) is 12.3 Å². The quantitative estimate of drug-likeness (QED) is 0.718. The number of hydrogen-bond acceptors (Lipinski definition) is 3. The maximum Gasteiger partial charge on any atom is 0.132 e. The van der Waals surface area contributed by atoms with Crippen molar-refractivity contribution in [3.8, 4) is 0 Å². The zero-order chi connectivity index (χ0) is 13.4. The lowest BCUT2D eigenvalue weighted by molar-refractivity contribution is 0.556. The van der Waals surface area contributed by atoms with E-state index in [4.69, 9.17) is 0 Å². The second-order valence-electron chi connectivity index (χ2n) is 5.06. The molecule has 0 fully saturated rings. The van der Waals surface area contributed by atoms with E-state index in [-0.39, 0.29) is 0 Å². The van der Waals surface area contributed by atoms with Crippen LogP contribution in [0, 0.1) is 5.92 Å². The third-order valence-corrected chi connectivity index (χ3v) is 3.25. The number of nitrogens with one attached hydrogen (secondary N) is 1. The Bertz CT molecular complexity index is 338. The van der Waals surface area contributed by atoms with Crippen LogP contribution < -0.4 is 10.2 Å². The number of anilines is 1. The summed E-state index contributed by atoms with van der Waals surface area (Å²) < 4.78 is 0. The summed E-state index contributed by atoms with van der Waals surface area (Å²) >= 11 is 0. The zero-order valence-corrected chi connectivity index (χ0v) is 12.2. The lowest BCUT2D eigenvalue weighted by atomic mass is 10.1. The highest BCUT2D eigenvalue weighted by molar-refractivity contribution is 5.45. The van der Waals surface area contributed by atoms with Gasteiger partial charge in [0, 0.05) is 31.9 Å². The first-order chi connectivity index (χ1) is 8.69. The van der Waals surface area contributed by atoms with Crippen LogP contribution in [0.3, 0.4) is 0 Å². The molecule has 3 heteroatoms. The van der Waals surface area contributed by atoms with Gasteiger partial charge < -0.3 is 10.2 Å². The van der Waals surface area contributed by atoms with E-state index in [1.54, 1.807) is 0 Å². The van der Waals surface area contributed by atoms with Crippen molar-refractivity contribution in [3.63, 3.8) is 0 Å². The lowest BCUT2D eigenvalue weighted by Crippen LogP contribution is -2.26. The van der Waals surface area contributed by atoms with Gasteiger partial charge in [0.1, 0.15) is 5.82 Å². The molecular formula is C15H27N3. The Labute approximate surface area is 112 Å². The third-order valence-electron chi connectivity index (χ3n) is 3.25. The molecule has 1 heterocycles. The molecule has 1 aromatic heterocycles. The van der Waals surface area contributed by atoms with Crippen molar-refractivity contribution in [2.24, 2.45) is 5.92 Å². The molecule has 18 heavy (non-hydrogen) atoms. The molecule has 0 aliphatic heterocycles. The minimum absolute atomic E-state index is 0.702. The van der Waals surface area contributed by atoms with Gasteiger partial charge in [0.25, 0.3) is 0 Å². The predicted molar refractivity (Wildman–Crippen MR) is 79.0 cm³/mol. The number of rotatable bonds is 8. The lowest BCUT2D eigenvalue weighted by Gasteiger charge is -2.24. The van der Waals surface area contributed by atoms with Crippen LogP contribution in [0.2, 0.25) is 0 Å². The van der Waals surface area contributed by atoms with Gasteiger partial charge in [0.05, 0.1) is 0 Å². The molecule has 1 unspecified atom stereocenters. The fourth-order valence-electron chi connectivity index (χ4n) is 1.99.